The maximum atomic E-state index is 13.2. The monoisotopic (exact) mass is 349 g/mol. The molecule has 1 aromatic carbocycles. The molecule has 6 nitrogen and oxygen atoms in total. The molecule has 0 aliphatic rings. The molecule has 0 radical (unpaired) electrons. The molecule has 2 aromatic rings. The molecule has 138 valence electrons. The zero-order valence-electron chi connectivity index (χ0n) is 15.5. The molecule has 0 bridgehead atoms. The Morgan fingerprint density at radius 3 is 2.84 bits per heavy atom. The van der Waals surface area contributed by atoms with Crippen LogP contribution in [0.1, 0.15) is 26.1 Å². The SMILES string of the molecule is CCN(CCc1nc2ccc(F)cc2[nH]1)C(=O)NCC[C@@H](C)N(C)C. The number of aromatic amines is 1. The quantitative estimate of drug-likeness (QED) is 0.770. The second-order valence-corrected chi connectivity index (χ2v) is 6.51. The van der Waals surface area contributed by atoms with Crippen LogP contribution >= 0.6 is 0 Å². The number of nitrogens with one attached hydrogen (secondary N) is 2. The molecule has 1 aromatic heterocycles. The van der Waals surface area contributed by atoms with Crippen molar-refractivity contribution in [1.82, 2.24) is 25.1 Å². The van der Waals surface area contributed by atoms with E-state index in [-0.39, 0.29) is 11.8 Å². The number of hydrogen-bond acceptors (Lipinski definition) is 3. The lowest BCUT2D eigenvalue weighted by Gasteiger charge is -2.23. The minimum atomic E-state index is -0.288. The predicted octanol–water partition coefficient (Wildman–Crippen LogP) is 2.62. The van der Waals surface area contributed by atoms with Crippen molar-refractivity contribution in [2.24, 2.45) is 0 Å². The summed E-state index contributed by atoms with van der Waals surface area (Å²) in [4.78, 5) is 23.7. The van der Waals surface area contributed by atoms with Gasteiger partial charge < -0.3 is 20.1 Å². The summed E-state index contributed by atoms with van der Waals surface area (Å²) >= 11 is 0. The molecule has 25 heavy (non-hydrogen) atoms. The molecule has 0 saturated carbocycles. The van der Waals surface area contributed by atoms with Crippen molar-refractivity contribution < 1.29 is 9.18 Å². The van der Waals surface area contributed by atoms with E-state index in [2.05, 4.69) is 27.1 Å². The van der Waals surface area contributed by atoms with Gasteiger partial charge in [-0.1, -0.05) is 0 Å². The largest absolute Gasteiger partial charge is 0.342 e. The van der Waals surface area contributed by atoms with Gasteiger partial charge in [-0.2, -0.15) is 0 Å². The van der Waals surface area contributed by atoms with Crippen molar-refractivity contribution in [1.29, 1.82) is 0 Å². The van der Waals surface area contributed by atoms with Crippen LogP contribution in [0.5, 0.6) is 0 Å². The minimum absolute atomic E-state index is 0.0596. The summed E-state index contributed by atoms with van der Waals surface area (Å²) in [6.07, 6.45) is 1.51. The Labute approximate surface area is 148 Å². The maximum absolute atomic E-state index is 13.2. The first-order valence-electron chi connectivity index (χ1n) is 8.74. The first kappa shape index (κ1) is 19.2. The third-order valence-corrected chi connectivity index (χ3v) is 4.50. The molecule has 7 heteroatoms. The standard InChI is InChI=1S/C18H28FN5O/c1-5-24(18(25)20-10-8-13(2)23(3)4)11-9-17-21-15-7-6-14(19)12-16(15)22-17/h6-7,12-13H,5,8-11H2,1-4H3,(H,20,25)(H,21,22)/t13-/m1/s1. The Bertz CT molecular complexity index is 700. The third kappa shape index (κ3) is 5.42. The van der Waals surface area contributed by atoms with Crippen LogP contribution in [0.25, 0.3) is 11.0 Å². The van der Waals surface area contributed by atoms with Crippen molar-refractivity contribution in [3.63, 3.8) is 0 Å². The van der Waals surface area contributed by atoms with Crippen LogP contribution in [0.15, 0.2) is 18.2 Å². The number of imidazole rings is 1. The number of urea groups is 1. The van der Waals surface area contributed by atoms with E-state index >= 15 is 0 Å². The van der Waals surface area contributed by atoms with Crippen molar-refractivity contribution in [3.05, 3.63) is 29.8 Å². The fraction of sp³-hybridized carbons (Fsp3) is 0.556. The fourth-order valence-electron chi connectivity index (χ4n) is 2.56. The van der Waals surface area contributed by atoms with E-state index in [1.807, 2.05) is 21.0 Å². The summed E-state index contributed by atoms with van der Waals surface area (Å²) in [5, 5.41) is 2.97. The van der Waals surface area contributed by atoms with Gasteiger partial charge in [0.15, 0.2) is 0 Å². The van der Waals surface area contributed by atoms with E-state index in [1.165, 1.54) is 12.1 Å². The highest BCUT2D eigenvalue weighted by Gasteiger charge is 2.13. The highest BCUT2D eigenvalue weighted by atomic mass is 19.1. The van der Waals surface area contributed by atoms with E-state index < -0.39 is 0 Å². The lowest BCUT2D eigenvalue weighted by Crippen LogP contribution is -2.42. The third-order valence-electron chi connectivity index (χ3n) is 4.50. The van der Waals surface area contributed by atoms with Crippen molar-refractivity contribution in [2.45, 2.75) is 32.7 Å². The number of fused-ring (bicyclic) bond motifs is 1. The minimum Gasteiger partial charge on any atom is -0.342 e. The van der Waals surface area contributed by atoms with Crippen LogP contribution in [0, 0.1) is 5.82 Å². The summed E-state index contributed by atoms with van der Waals surface area (Å²) in [7, 11) is 4.06. The lowest BCUT2D eigenvalue weighted by atomic mass is 10.2. The number of benzene rings is 1. The van der Waals surface area contributed by atoms with E-state index in [0.29, 0.717) is 37.6 Å². The maximum Gasteiger partial charge on any atom is 0.317 e. The number of amides is 2. The number of H-pyrrole nitrogens is 1. The Morgan fingerprint density at radius 2 is 2.16 bits per heavy atom. The van der Waals surface area contributed by atoms with Gasteiger partial charge in [-0.15, -0.1) is 0 Å². The molecule has 0 saturated heterocycles. The zero-order valence-corrected chi connectivity index (χ0v) is 15.5. The van der Waals surface area contributed by atoms with Gasteiger partial charge in [-0.05, 0) is 52.6 Å². The molecule has 0 fully saturated rings. The molecular weight excluding hydrogens is 321 g/mol. The summed E-state index contributed by atoms with van der Waals surface area (Å²) < 4.78 is 13.2. The molecule has 0 unspecified atom stereocenters. The molecule has 2 amide bonds. The van der Waals surface area contributed by atoms with Gasteiger partial charge in [-0.25, -0.2) is 14.2 Å². The molecule has 1 heterocycles. The van der Waals surface area contributed by atoms with Gasteiger partial charge in [0.1, 0.15) is 11.6 Å². The molecule has 0 aliphatic carbocycles. The highest BCUT2D eigenvalue weighted by molar-refractivity contribution is 5.75. The second-order valence-electron chi connectivity index (χ2n) is 6.51. The van der Waals surface area contributed by atoms with Gasteiger partial charge in [0.2, 0.25) is 0 Å². The first-order valence-corrected chi connectivity index (χ1v) is 8.74. The van der Waals surface area contributed by atoms with E-state index in [4.69, 9.17) is 0 Å². The molecule has 2 rings (SSSR count). The molecule has 1 atom stereocenters. The number of carbonyl (C=O) groups excluding carboxylic acids is 1. The summed E-state index contributed by atoms with van der Waals surface area (Å²) in [6, 6.07) is 4.85. The molecule has 2 N–H and O–H groups in total. The molecular formula is C18H28FN5O. The van der Waals surface area contributed by atoms with Gasteiger partial charge in [0, 0.05) is 32.1 Å². The summed E-state index contributed by atoms with van der Waals surface area (Å²) in [5.41, 5.74) is 1.42. The Balaban J connectivity index is 1.84. The van der Waals surface area contributed by atoms with Crippen LogP contribution in [0.2, 0.25) is 0 Å². The van der Waals surface area contributed by atoms with E-state index in [9.17, 15) is 9.18 Å². The second kappa shape index (κ2) is 8.80. The number of halogens is 1. The number of nitrogens with zero attached hydrogens (tertiary/aromatic N) is 3. The van der Waals surface area contributed by atoms with Gasteiger partial charge >= 0.3 is 6.03 Å². The summed E-state index contributed by atoms with van der Waals surface area (Å²) in [6.45, 7) is 5.93. The fourth-order valence-corrected chi connectivity index (χ4v) is 2.56. The number of likely N-dealkylation sites (N-methyl/N-ethyl adjacent to an activating group) is 1. The van der Waals surface area contributed by atoms with Crippen LogP contribution in [-0.4, -0.2) is 65.6 Å². The van der Waals surface area contributed by atoms with Crippen LogP contribution in [0.3, 0.4) is 0 Å². The van der Waals surface area contributed by atoms with Gasteiger partial charge in [0.05, 0.1) is 11.0 Å². The van der Waals surface area contributed by atoms with Crippen molar-refractivity contribution in [3.8, 4) is 0 Å². The number of rotatable bonds is 8. The van der Waals surface area contributed by atoms with Crippen molar-refractivity contribution >= 4 is 17.1 Å². The number of carbonyl (C=O) groups is 1. The van der Waals surface area contributed by atoms with Gasteiger partial charge in [-0.3, -0.25) is 0 Å². The topological polar surface area (TPSA) is 64.3 Å². The number of hydrogen-bond donors (Lipinski definition) is 2. The Hall–Kier alpha value is -2.15. The molecule has 0 aliphatic heterocycles. The first-order chi connectivity index (χ1) is 11.9. The van der Waals surface area contributed by atoms with Crippen LogP contribution in [0.4, 0.5) is 9.18 Å². The highest BCUT2D eigenvalue weighted by Crippen LogP contribution is 2.13. The van der Waals surface area contributed by atoms with E-state index in [1.54, 1.807) is 11.0 Å². The van der Waals surface area contributed by atoms with Gasteiger partial charge in [0.25, 0.3) is 0 Å². The molecule has 0 spiro atoms. The normalized spacial score (nSPS) is 12.6. The van der Waals surface area contributed by atoms with E-state index in [0.717, 1.165) is 17.8 Å². The Morgan fingerprint density at radius 1 is 1.40 bits per heavy atom. The van der Waals surface area contributed by atoms with Crippen LogP contribution in [-0.2, 0) is 6.42 Å². The van der Waals surface area contributed by atoms with Crippen LogP contribution < -0.4 is 5.32 Å². The van der Waals surface area contributed by atoms with Crippen molar-refractivity contribution in [2.75, 3.05) is 33.7 Å². The predicted molar refractivity (Wildman–Crippen MR) is 98.2 cm³/mol. The smallest absolute Gasteiger partial charge is 0.317 e. The average Bonchev–Trinajstić information content (AvgIpc) is 2.97. The number of aromatic nitrogens is 2. The average molecular weight is 349 g/mol. The lowest BCUT2D eigenvalue weighted by molar-refractivity contribution is 0.199. The Kier molecular flexibility index (Phi) is 6.75. The zero-order chi connectivity index (χ0) is 18.4. The summed E-state index contributed by atoms with van der Waals surface area (Å²) in [5.74, 6) is 0.470.